The van der Waals surface area contributed by atoms with Gasteiger partial charge in [0.2, 0.25) is 0 Å². The average molecular weight is 680 g/mol. The van der Waals surface area contributed by atoms with Crippen molar-refractivity contribution in [1.29, 1.82) is 0 Å². The fraction of sp³-hybridized carbons (Fsp3) is 0.115. The second-order valence-electron chi connectivity index (χ2n) is 15.8. The topological polar surface area (TPSA) is 3.24 Å². The molecule has 0 atom stereocenters. The van der Waals surface area contributed by atoms with Crippen LogP contribution in [-0.2, 0) is 10.8 Å². The molecule has 0 N–H and O–H groups in total. The Bertz CT molecular complexity index is 2700. The summed E-state index contributed by atoms with van der Waals surface area (Å²) in [6.45, 7) is 9.54. The zero-order valence-corrected chi connectivity index (χ0v) is 30.7. The quantitative estimate of drug-likeness (QED) is 0.175. The van der Waals surface area contributed by atoms with Crippen molar-refractivity contribution in [1.82, 2.24) is 0 Å². The smallest absolute Gasteiger partial charge is 0.0465 e. The van der Waals surface area contributed by atoms with Gasteiger partial charge >= 0.3 is 0 Å². The van der Waals surface area contributed by atoms with Crippen LogP contribution in [0.25, 0.3) is 55.3 Å². The van der Waals surface area contributed by atoms with Crippen LogP contribution >= 0.6 is 0 Å². The zero-order valence-electron chi connectivity index (χ0n) is 30.7. The summed E-state index contributed by atoms with van der Waals surface area (Å²) in [6, 6.07) is 65.2. The predicted octanol–water partition coefficient (Wildman–Crippen LogP) is 14.3. The van der Waals surface area contributed by atoms with Crippen molar-refractivity contribution in [3.8, 4) is 44.5 Å². The molecule has 1 heteroatoms. The van der Waals surface area contributed by atoms with E-state index in [0.29, 0.717) is 0 Å². The predicted molar refractivity (Wildman–Crippen MR) is 225 cm³/mol. The molecule has 0 saturated carbocycles. The second-order valence-corrected chi connectivity index (χ2v) is 15.8. The molecule has 0 spiro atoms. The highest BCUT2D eigenvalue weighted by Crippen LogP contribution is 2.55. The first-order valence-corrected chi connectivity index (χ1v) is 18.8. The number of rotatable bonds is 5. The van der Waals surface area contributed by atoms with E-state index < -0.39 is 0 Å². The van der Waals surface area contributed by atoms with E-state index in [4.69, 9.17) is 0 Å². The molecule has 2 aliphatic carbocycles. The molecule has 0 unspecified atom stereocenters. The van der Waals surface area contributed by atoms with E-state index in [1.165, 1.54) is 77.5 Å². The number of nitrogens with zero attached hydrogens (tertiary/aromatic N) is 1. The molecule has 0 aliphatic heterocycles. The molecule has 2 aliphatic rings. The van der Waals surface area contributed by atoms with Crippen LogP contribution in [0.1, 0.15) is 49.9 Å². The zero-order chi connectivity index (χ0) is 35.9. The number of hydrogen-bond acceptors (Lipinski definition) is 1. The van der Waals surface area contributed by atoms with Crippen LogP contribution in [0.4, 0.5) is 17.1 Å². The van der Waals surface area contributed by atoms with Crippen molar-refractivity contribution in [2.24, 2.45) is 0 Å². The van der Waals surface area contributed by atoms with Crippen LogP contribution in [0.2, 0.25) is 0 Å². The van der Waals surface area contributed by atoms with E-state index >= 15 is 0 Å². The molecule has 0 amide bonds. The molecule has 0 bridgehead atoms. The number of anilines is 3. The van der Waals surface area contributed by atoms with Crippen LogP contribution in [0.3, 0.4) is 0 Å². The summed E-state index contributed by atoms with van der Waals surface area (Å²) in [7, 11) is 0. The van der Waals surface area contributed by atoms with Gasteiger partial charge in [-0.15, -0.1) is 0 Å². The van der Waals surface area contributed by atoms with Gasteiger partial charge in [-0.2, -0.15) is 0 Å². The fourth-order valence-electron chi connectivity index (χ4n) is 9.30. The summed E-state index contributed by atoms with van der Waals surface area (Å²) in [4.78, 5) is 2.40. The Kier molecular flexibility index (Phi) is 6.94. The maximum Gasteiger partial charge on any atom is 0.0465 e. The number of benzene rings is 8. The first-order valence-electron chi connectivity index (χ1n) is 18.8. The maximum absolute atomic E-state index is 2.47. The first-order chi connectivity index (χ1) is 25.8. The molecule has 0 radical (unpaired) electrons. The van der Waals surface area contributed by atoms with Crippen molar-refractivity contribution < 1.29 is 0 Å². The van der Waals surface area contributed by atoms with E-state index in [2.05, 4.69) is 209 Å². The standard InChI is InChI=1S/C52H41N/c1-51(2)45-20-12-11-19-42(45)43-30-25-37(32-47(43)51)41-29-24-36-16-13-21-46-49(36)50(41)44-31-28-40(33-48(44)52(46,3)4)53(38-17-9-6-10-18-38)39-26-22-35(23-27-39)34-14-7-5-8-15-34/h5-33H,1-4H3. The Labute approximate surface area is 312 Å². The minimum absolute atomic E-state index is 0.0594. The molecular weight excluding hydrogens is 639 g/mol. The van der Waals surface area contributed by atoms with Gasteiger partial charge in [0.15, 0.2) is 0 Å². The first kappa shape index (κ1) is 31.5. The lowest BCUT2D eigenvalue weighted by Crippen LogP contribution is -2.24. The number of fused-ring (bicyclic) bond motifs is 5. The van der Waals surface area contributed by atoms with Crippen LogP contribution < -0.4 is 4.90 Å². The van der Waals surface area contributed by atoms with Gasteiger partial charge in [0, 0.05) is 27.9 Å². The molecular formula is C52H41N. The Balaban J connectivity index is 1.16. The van der Waals surface area contributed by atoms with Gasteiger partial charge in [0.1, 0.15) is 0 Å². The Morgan fingerprint density at radius 2 is 0.887 bits per heavy atom. The molecule has 53 heavy (non-hydrogen) atoms. The van der Waals surface area contributed by atoms with Crippen molar-refractivity contribution in [2.45, 2.75) is 38.5 Å². The Morgan fingerprint density at radius 1 is 0.340 bits per heavy atom. The third-order valence-electron chi connectivity index (χ3n) is 12.1. The van der Waals surface area contributed by atoms with Gasteiger partial charge in [0.25, 0.3) is 0 Å². The van der Waals surface area contributed by atoms with E-state index in [0.717, 1.165) is 17.1 Å². The molecule has 8 aromatic rings. The third kappa shape index (κ3) is 4.77. The van der Waals surface area contributed by atoms with Crippen LogP contribution in [-0.4, -0.2) is 0 Å². The van der Waals surface area contributed by atoms with E-state index in [1.54, 1.807) is 0 Å². The van der Waals surface area contributed by atoms with Gasteiger partial charge < -0.3 is 4.90 Å². The lowest BCUT2D eigenvalue weighted by Gasteiger charge is -2.37. The van der Waals surface area contributed by atoms with E-state index in [1.807, 2.05) is 0 Å². The highest BCUT2D eigenvalue weighted by molar-refractivity contribution is 6.09. The third-order valence-corrected chi connectivity index (χ3v) is 12.1. The molecule has 8 aromatic carbocycles. The van der Waals surface area contributed by atoms with Gasteiger partial charge in [-0.1, -0.05) is 161 Å². The SMILES string of the molecule is CC1(C)c2ccccc2-c2ccc(-c3ccc4cccc5c4c3-c3ccc(N(c4ccccc4)c4ccc(-c6ccccc6)cc4)cc3C5(C)C)cc21. The summed E-state index contributed by atoms with van der Waals surface area (Å²) in [5.74, 6) is 0. The second kappa shape index (κ2) is 11.7. The lowest BCUT2D eigenvalue weighted by atomic mass is 9.67. The summed E-state index contributed by atoms with van der Waals surface area (Å²) in [5.41, 5.74) is 19.1. The van der Waals surface area contributed by atoms with Crippen molar-refractivity contribution in [3.63, 3.8) is 0 Å². The molecule has 1 nitrogen and oxygen atoms in total. The number of hydrogen-bond donors (Lipinski definition) is 0. The maximum atomic E-state index is 2.47. The van der Waals surface area contributed by atoms with Crippen LogP contribution in [0.5, 0.6) is 0 Å². The van der Waals surface area contributed by atoms with Gasteiger partial charge in [-0.25, -0.2) is 0 Å². The molecule has 0 saturated heterocycles. The fourth-order valence-corrected chi connectivity index (χ4v) is 9.30. The Morgan fingerprint density at radius 3 is 1.68 bits per heavy atom. The molecule has 254 valence electrons. The average Bonchev–Trinajstić information content (AvgIpc) is 3.43. The minimum atomic E-state index is -0.211. The molecule has 0 aromatic heterocycles. The lowest BCUT2D eigenvalue weighted by molar-refractivity contribution is 0.645. The van der Waals surface area contributed by atoms with E-state index in [-0.39, 0.29) is 10.8 Å². The Hall–Kier alpha value is -6.18. The van der Waals surface area contributed by atoms with E-state index in [9.17, 15) is 0 Å². The highest BCUT2D eigenvalue weighted by atomic mass is 15.1. The van der Waals surface area contributed by atoms with Crippen LogP contribution in [0.15, 0.2) is 176 Å². The number of para-hydroxylation sites is 1. The monoisotopic (exact) mass is 679 g/mol. The summed E-state index contributed by atoms with van der Waals surface area (Å²) < 4.78 is 0. The summed E-state index contributed by atoms with van der Waals surface area (Å²) in [6.07, 6.45) is 0. The van der Waals surface area contributed by atoms with Gasteiger partial charge in [-0.3, -0.25) is 0 Å². The van der Waals surface area contributed by atoms with Gasteiger partial charge in [0.05, 0.1) is 0 Å². The summed E-state index contributed by atoms with van der Waals surface area (Å²) in [5, 5.41) is 2.66. The van der Waals surface area contributed by atoms with Crippen molar-refractivity contribution >= 4 is 27.8 Å². The summed E-state index contributed by atoms with van der Waals surface area (Å²) >= 11 is 0. The molecule has 10 rings (SSSR count). The minimum Gasteiger partial charge on any atom is -0.310 e. The van der Waals surface area contributed by atoms with Crippen LogP contribution in [0, 0.1) is 0 Å². The van der Waals surface area contributed by atoms with Crippen molar-refractivity contribution in [2.75, 3.05) is 4.90 Å². The van der Waals surface area contributed by atoms with Gasteiger partial charge in [-0.05, 0) is 120 Å². The molecule has 0 fully saturated rings. The highest BCUT2D eigenvalue weighted by Gasteiger charge is 2.37. The largest absolute Gasteiger partial charge is 0.310 e. The van der Waals surface area contributed by atoms with Crippen molar-refractivity contribution in [3.05, 3.63) is 198 Å². The normalized spacial score (nSPS) is 14.3. The molecule has 0 heterocycles.